The van der Waals surface area contributed by atoms with Crippen LogP contribution in [0.25, 0.3) is 10.8 Å². The van der Waals surface area contributed by atoms with Gasteiger partial charge in [-0.1, -0.05) is 36.4 Å². The minimum atomic E-state index is -2.06. The lowest BCUT2D eigenvalue weighted by Gasteiger charge is -2.24. The van der Waals surface area contributed by atoms with Crippen molar-refractivity contribution in [2.45, 2.75) is 20.0 Å². The van der Waals surface area contributed by atoms with E-state index in [1.807, 2.05) is 31.2 Å². The van der Waals surface area contributed by atoms with Gasteiger partial charge in [0.15, 0.2) is 0 Å². The molecule has 2 aromatic rings. The lowest BCUT2D eigenvalue weighted by Crippen LogP contribution is -2.38. The van der Waals surface area contributed by atoms with Gasteiger partial charge in [-0.2, -0.15) is 0 Å². The van der Waals surface area contributed by atoms with Crippen molar-refractivity contribution in [2.24, 2.45) is 0 Å². The summed E-state index contributed by atoms with van der Waals surface area (Å²) in [6, 6.07) is 14.4. The van der Waals surface area contributed by atoms with Crippen LogP contribution in [0.4, 0.5) is 0 Å². The molecule has 2 rings (SSSR count). The van der Waals surface area contributed by atoms with Gasteiger partial charge in [0.2, 0.25) is 0 Å². The normalized spacial score (nSPS) is 11.7. The molecule has 0 saturated heterocycles. The zero-order valence-corrected chi connectivity index (χ0v) is 11.6. The van der Waals surface area contributed by atoms with Crippen LogP contribution in [0.1, 0.15) is 6.92 Å². The maximum atomic E-state index is 6.07. The SMILES string of the molecule is CCO[Si](C)(C)Oc1cccc2ccccc12. The Morgan fingerprint density at radius 2 is 1.71 bits per heavy atom. The molecule has 0 aliphatic heterocycles. The summed E-state index contributed by atoms with van der Waals surface area (Å²) < 4.78 is 11.8. The molecular weight excluding hydrogens is 228 g/mol. The first-order chi connectivity index (χ1) is 8.12. The van der Waals surface area contributed by atoms with Gasteiger partial charge in [0.25, 0.3) is 0 Å². The van der Waals surface area contributed by atoms with Crippen molar-refractivity contribution in [3.63, 3.8) is 0 Å². The highest BCUT2D eigenvalue weighted by atomic mass is 28.4. The molecule has 0 unspecified atom stereocenters. The molecule has 0 atom stereocenters. The largest absolute Gasteiger partial charge is 0.520 e. The minimum Gasteiger partial charge on any atom is -0.520 e. The maximum Gasteiger partial charge on any atom is 0.392 e. The van der Waals surface area contributed by atoms with E-state index in [1.165, 1.54) is 5.39 Å². The van der Waals surface area contributed by atoms with Gasteiger partial charge in [0.05, 0.1) is 0 Å². The molecule has 0 N–H and O–H groups in total. The van der Waals surface area contributed by atoms with Crippen LogP contribution in [0.2, 0.25) is 13.1 Å². The molecule has 0 amide bonds. The van der Waals surface area contributed by atoms with Crippen molar-refractivity contribution in [3.05, 3.63) is 42.5 Å². The molecule has 3 heteroatoms. The fraction of sp³-hybridized carbons (Fsp3) is 0.286. The summed E-state index contributed by atoms with van der Waals surface area (Å²) in [6.07, 6.45) is 0. The van der Waals surface area contributed by atoms with E-state index in [4.69, 9.17) is 8.85 Å². The first-order valence-corrected chi connectivity index (χ1v) is 8.75. The van der Waals surface area contributed by atoms with Gasteiger partial charge in [-0.3, -0.25) is 0 Å². The Morgan fingerprint density at radius 3 is 2.47 bits per heavy atom. The zero-order chi connectivity index (χ0) is 12.3. The van der Waals surface area contributed by atoms with E-state index >= 15 is 0 Å². The summed E-state index contributed by atoms with van der Waals surface area (Å²) in [5, 5.41) is 2.35. The fourth-order valence-electron chi connectivity index (χ4n) is 1.93. The van der Waals surface area contributed by atoms with E-state index in [0.29, 0.717) is 6.61 Å². The van der Waals surface area contributed by atoms with Gasteiger partial charge in [0.1, 0.15) is 5.75 Å². The zero-order valence-electron chi connectivity index (χ0n) is 10.6. The quantitative estimate of drug-likeness (QED) is 0.760. The fourth-order valence-corrected chi connectivity index (χ4v) is 3.39. The maximum absolute atomic E-state index is 6.07. The molecule has 0 bridgehead atoms. The van der Waals surface area contributed by atoms with Crippen LogP contribution in [0.3, 0.4) is 0 Å². The van der Waals surface area contributed by atoms with Gasteiger partial charge in [0, 0.05) is 12.0 Å². The summed E-state index contributed by atoms with van der Waals surface area (Å²) >= 11 is 0. The van der Waals surface area contributed by atoms with E-state index < -0.39 is 8.56 Å². The highest BCUT2D eigenvalue weighted by Gasteiger charge is 2.26. The van der Waals surface area contributed by atoms with Crippen LogP contribution in [0, 0.1) is 0 Å². The third-order valence-electron chi connectivity index (χ3n) is 2.60. The molecule has 0 fully saturated rings. The van der Waals surface area contributed by atoms with E-state index in [9.17, 15) is 0 Å². The second-order valence-electron chi connectivity index (χ2n) is 4.41. The Morgan fingerprint density at radius 1 is 1.00 bits per heavy atom. The van der Waals surface area contributed by atoms with Gasteiger partial charge in [-0.05, 0) is 31.5 Å². The Balaban J connectivity index is 2.36. The number of hydrogen-bond acceptors (Lipinski definition) is 2. The Bertz CT molecular complexity index is 503. The summed E-state index contributed by atoms with van der Waals surface area (Å²) in [5.74, 6) is 0.924. The lowest BCUT2D eigenvalue weighted by molar-refractivity contribution is 0.265. The third kappa shape index (κ3) is 2.87. The van der Waals surface area contributed by atoms with Crippen LogP contribution in [-0.2, 0) is 4.43 Å². The van der Waals surface area contributed by atoms with Crippen molar-refractivity contribution in [1.29, 1.82) is 0 Å². The van der Waals surface area contributed by atoms with Gasteiger partial charge >= 0.3 is 8.56 Å². The summed E-state index contributed by atoms with van der Waals surface area (Å²) in [7, 11) is -2.06. The highest BCUT2D eigenvalue weighted by molar-refractivity contribution is 6.65. The van der Waals surface area contributed by atoms with E-state index in [0.717, 1.165) is 11.1 Å². The van der Waals surface area contributed by atoms with Crippen LogP contribution >= 0.6 is 0 Å². The average Bonchev–Trinajstić information content (AvgIpc) is 2.29. The summed E-state index contributed by atoms with van der Waals surface area (Å²) in [5.41, 5.74) is 0. The standard InChI is InChI=1S/C14H18O2Si/c1-4-15-17(2,3)16-14-11-7-9-12-8-5-6-10-13(12)14/h5-11H,4H2,1-3H3. The second kappa shape index (κ2) is 4.90. The van der Waals surface area contributed by atoms with Gasteiger partial charge < -0.3 is 8.85 Å². The van der Waals surface area contributed by atoms with E-state index in [1.54, 1.807) is 0 Å². The van der Waals surface area contributed by atoms with Crippen molar-refractivity contribution in [3.8, 4) is 5.75 Å². The third-order valence-corrected chi connectivity index (χ3v) is 4.29. The molecule has 0 heterocycles. The van der Waals surface area contributed by atoms with Gasteiger partial charge in [-0.15, -0.1) is 0 Å². The predicted octanol–water partition coefficient (Wildman–Crippen LogP) is 3.96. The highest BCUT2D eigenvalue weighted by Crippen LogP contribution is 2.27. The summed E-state index contributed by atoms with van der Waals surface area (Å²) in [4.78, 5) is 0. The smallest absolute Gasteiger partial charge is 0.392 e. The lowest BCUT2D eigenvalue weighted by atomic mass is 10.1. The van der Waals surface area contributed by atoms with Gasteiger partial charge in [-0.25, -0.2) is 0 Å². The second-order valence-corrected chi connectivity index (χ2v) is 7.70. The minimum absolute atomic E-state index is 0.698. The van der Waals surface area contributed by atoms with Crippen LogP contribution in [0.15, 0.2) is 42.5 Å². The molecule has 17 heavy (non-hydrogen) atoms. The topological polar surface area (TPSA) is 18.5 Å². The van der Waals surface area contributed by atoms with E-state index in [2.05, 4.69) is 31.3 Å². The molecule has 0 aromatic heterocycles. The average molecular weight is 246 g/mol. The van der Waals surface area contributed by atoms with Crippen molar-refractivity contribution in [1.82, 2.24) is 0 Å². The number of hydrogen-bond donors (Lipinski definition) is 0. The Kier molecular flexibility index (Phi) is 3.50. The number of fused-ring (bicyclic) bond motifs is 1. The molecule has 2 nitrogen and oxygen atoms in total. The van der Waals surface area contributed by atoms with Crippen LogP contribution in [-0.4, -0.2) is 15.2 Å². The molecule has 0 aliphatic rings. The number of rotatable bonds is 4. The molecule has 0 aliphatic carbocycles. The van der Waals surface area contributed by atoms with Crippen molar-refractivity contribution < 1.29 is 8.85 Å². The Hall–Kier alpha value is -1.32. The van der Waals surface area contributed by atoms with Crippen molar-refractivity contribution >= 4 is 19.3 Å². The predicted molar refractivity (Wildman–Crippen MR) is 73.7 cm³/mol. The molecular formula is C14H18O2Si. The molecule has 90 valence electrons. The molecule has 2 aromatic carbocycles. The molecule has 0 spiro atoms. The molecule has 0 radical (unpaired) electrons. The monoisotopic (exact) mass is 246 g/mol. The number of benzene rings is 2. The first-order valence-electron chi connectivity index (χ1n) is 5.93. The van der Waals surface area contributed by atoms with Crippen molar-refractivity contribution in [2.75, 3.05) is 6.61 Å². The van der Waals surface area contributed by atoms with Crippen LogP contribution < -0.4 is 4.43 Å². The Labute approximate surface area is 103 Å². The summed E-state index contributed by atoms with van der Waals surface area (Å²) in [6.45, 7) is 6.84. The first kappa shape index (κ1) is 12.1. The van der Waals surface area contributed by atoms with E-state index in [-0.39, 0.29) is 0 Å². The molecule has 0 saturated carbocycles. The van der Waals surface area contributed by atoms with Crippen LogP contribution in [0.5, 0.6) is 5.75 Å².